The summed E-state index contributed by atoms with van der Waals surface area (Å²) >= 11 is 0. The molecular weight excluding hydrogens is 853 g/mol. The molecule has 1 unspecified atom stereocenters. The molecule has 6 heteroatoms. The van der Waals surface area contributed by atoms with Crippen LogP contribution >= 0.6 is 0 Å². The Kier molecular flexibility index (Phi) is 56.2. The van der Waals surface area contributed by atoms with Crippen LogP contribution in [-0.2, 0) is 28.6 Å². The summed E-state index contributed by atoms with van der Waals surface area (Å²) in [6.45, 7) is 6.61. The maximum atomic E-state index is 12.9. The van der Waals surface area contributed by atoms with Crippen molar-refractivity contribution in [1.29, 1.82) is 0 Å². The molecule has 6 nitrogen and oxygen atoms in total. The van der Waals surface area contributed by atoms with Crippen molar-refractivity contribution in [3.8, 4) is 0 Å². The maximum Gasteiger partial charge on any atom is 0.306 e. The van der Waals surface area contributed by atoms with Crippen molar-refractivity contribution in [3.63, 3.8) is 0 Å². The fourth-order valence-electron chi connectivity index (χ4n) is 9.01. The van der Waals surface area contributed by atoms with Gasteiger partial charge in [-0.25, -0.2) is 0 Å². The highest BCUT2D eigenvalue weighted by molar-refractivity contribution is 5.71. The van der Waals surface area contributed by atoms with E-state index in [9.17, 15) is 14.4 Å². The molecule has 0 bridgehead atoms. The molecule has 0 spiro atoms. The molecule has 0 radical (unpaired) electrons. The fraction of sp³-hybridized carbons (Fsp3) is 0.857. The van der Waals surface area contributed by atoms with Crippen LogP contribution in [0.2, 0.25) is 0 Å². The van der Waals surface area contributed by atoms with Crippen molar-refractivity contribution < 1.29 is 28.6 Å². The van der Waals surface area contributed by atoms with E-state index in [1.54, 1.807) is 0 Å². The van der Waals surface area contributed by atoms with E-state index in [0.717, 1.165) is 83.5 Å². The molecule has 0 aliphatic heterocycles. The first kappa shape index (κ1) is 66.6. The minimum absolute atomic E-state index is 0.0746. The van der Waals surface area contributed by atoms with Crippen LogP contribution in [0.1, 0.15) is 329 Å². The third-order valence-corrected chi connectivity index (χ3v) is 13.6. The van der Waals surface area contributed by atoms with Gasteiger partial charge in [-0.05, 0) is 70.6 Å². The number of allylic oxidation sites excluding steroid dienone is 6. The summed E-state index contributed by atoms with van der Waals surface area (Å²) in [4.78, 5) is 38.2. The van der Waals surface area contributed by atoms with Gasteiger partial charge in [-0.1, -0.05) is 276 Å². The summed E-state index contributed by atoms with van der Waals surface area (Å²) in [7, 11) is 0. The zero-order valence-corrected chi connectivity index (χ0v) is 46.3. The van der Waals surface area contributed by atoms with Gasteiger partial charge in [0.2, 0.25) is 0 Å². The molecule has 0 aromatic carbocycles. The van der Waals surface area contributed by atoms with Crippen LogP contribution in [0.15, 0.2) is 36.5 Å². The van der Waals surface area contributed by atoms with Gasteiger partial charge in [0.05, 0.1) is 0 Å². The summed E-state index contributed by atoms with van der Waals surface area (Å²) in [6.07, 6.45) is 70.0. The van der Waals surface area contributed by atoms with Gasteiger partial charge in [0.25, 0.3) is 0 Å². The predicted molar refractivity (Wildman–Crippen MR) is 298 cm³/mol. The minimum Gasteiger partial charge on any atom is -0.462 e. The van der Waals surface area contributed by atoms with E-state index >= 15 is 0 Å². The Morgan fingerprint density at radius 3 is 0.870 bits per heavy atom. The van der Waals surface area contributed by atoms with Gasteiger partial charge in [0.15, 0.2) is 6.10 Å². The van der Waals surface area contributed by atoms with E-state index in [1.165, 1.54) is 205 Å². The molecular formula is C63H116O6. The second-order valence-corrected chi connectivity index (χ2v) is 20.6. The van der Waals surface area contributed by atoms with Crippen LogP contribution in [0.5, 0.6) is 0 Å². The van der Waals surface area contributed by atoms with Crippen LogP contribution in [-0.4, -0.2) is 37.2 Å². The Hall–Kier alpha value is -2.37. The maximum absolute atomic E-state index is 12.9. The Morgan fingerprint density at radius 2 is 0.551 bits per heavy atom. The SMILES string of the molecule is CCC/C=C\C/C=C\CCCCCCCC(=O)OCC(COC(=O)CCCCCCCCCCCCCCCCCCCCCC)OC(=O)CCCCCCCCC/C=C\CCCCCCCCC. The monoisotopic (exact) mass is 969 g/mol. The van der Waals surface area contributed by atoms with Crippen LogP contribution in [0.3, 0.4) is 0 Å². The molecule has 0 rings (SSSR count). The quantitative estimate of drug-likeness (QED) is 0.0261. The molecule has 0 amide bonds. The van der Waals surface area contributed by atoms with Crippen LogP contribution in [0.25, 0.3) is 0 Å². The van der Waals surface area contributed by atoms with E-state index in [0.29, 0.717) is 19.3 Å². The minimum atomic E-state index is -0.778. The lowest BCUT2D eigenvalue weighted by atomic mass is 10.0. The van der Waals surface area contributed by atoms with Gasteiger partial charge in [-0.3, -0.25) is 14.4 Å². The molecule has 0 heterocycles. The first-order valence-corrected chi connectivity index (χ1v) is 30.5. The third-order valence-electron chi connectivity index (χ3n) is 13.6. The average molecular weight is 970 g/mol. The number of carbonyl (C=O) groups is 3. The molecule has 69 heavy (non-hydrogen) atoms. The standard InChI is InChI=1S/C63H116O6/c1-4-7-10-13-16-19-22-25-27-29-31-32-34-35-38-41-44-47-50-53-56-62(65)68-59-60(58-67-61(64)55-52-49-46-43-40-37-24-21-18-15-12-9-6-3)69-63(66)57-54-51-48-45-42-39-36-33-30-28-26-23-20-17-14-11-8-5-2/h12,15,21,24,28,30,60H,4-11,13-14,16-20,22-23,25-27,29,31-59H2,1-3H3/b15-12-,24-21-,30-28-. The zero-order valence-electron chi connectivity index (χ0n) is 46.3. The lowest BCUT2D eigenvalue weighted by Crippen LogP contribution is -2.30. The molecule has 1 atom stereocenters. The molecule has 0 aromatic heterocycles. The summed E-state index contributed by atoms with van der Waals surface area (Å²) in [5, 5.41) is 0. The number of hydrogen-bond acceptors (Lipinski definition) is 6. The summed E-state index contributed by atoms with van der Waals surface area (Å²) in [5.74, 6) is -0.874. The number of rotatable bonds is 56. The average Bonchev–Trinajstić information content (AvgIpc) is 3.35. The molecule has 0 saturated carbocycles. The first-order valence-electron chi connectivity index (χ1n) is 30.5. The van der Waals surface area contributed by atoms with Gasteiger partial charge < -0.3 is 14.2 Å². The summed E-state index contributed by atoms with van der Waals surface area (Å²) in [6, 6.07) is 0. The van der Waals surface area contributed by atoms with E-state index in [4.69, 9.17) is 14.2 Å². The molecule has 0 saturated heterocycles. The van der Waals surface area contributed by atoms with Gasteiger partial charge in [0.1, 0.15) is 13.2 Å². The number of ether oxygens (including phenoxy) is 3. The summed E-state index contributed by atoms with van der Waals surface area (Å²) < 4.78 is 16.9. The van der Waals surface area contributed by atoms with E-state index < -0.39 is 6.10 Å². The number of hydrogen-bond donors (Lipinski definition) is 0. The highest BCUT2D eigenvalue weighted by Gasteiger charge is 2.19. The number of carbonyl (C=O) groups excluding carboxylic acids is 3. The Balaban J connectivity index is 4.31. The van der Waals surface area contributed by atoms with Gasteiger partial charge in [-0.15, -0.1) is 0 Å². The predicted octanol–water partition coefficient (Wildman–Crippen LogP) is 20.4. The first-order chi connectivity index (χ1) is 34.0. The Morgan fingerprint density at radius 1 is 0.290 bits per heavy atom. The van der Waals surface area contributed by atoms with Crippen molar-refractivity contribution >= 4 is 17.9 Å². The number of esters is 3. The van der Waals surface area contributed by atoms with Crippen LogP contribution in [0, 0.1) is 0 Å². The lowest BCUT2D eigenvalue weighted by Gasteiger charge is -2.18. The molecule has 0 aliphatic rings. The van der Waals surface area contributed by atoms with Crippen LogP contribution in [0.4, 0.5) is 0 Å². The molecule has 404 valence electrons. The molecule has 0 aliphatic carbocycles. The normalized spacial score (nSPS) is 12.2. The molecule has 0 fully saturated rings. The lowest BCUT2D eigenvalue weighted by molar-refractivity contribution is -0.167. The highest BCUT2D eigenvalue weighted by Crippen LogP contribution is 2.17. The van der Waals surface area contributed by atoms with Crippen molar-refractivity contribution in [2.24, 2.45) is 0 Å². The summed E-state index contributed by atoms with van der Waals surface area (Å²) in [5.41, 5.74) is 0. The van der Waals surface area contributed by atoms with Crippen molar-refractivity contribution in [2.45, 2.75) is 335 Å². The second kappa shape index (κ2) is 58.2. The Bertz CT molecular complexity index is 1160. The largest absolute Gasteiger partial charge is 0.462 e. The number of unbranched alkanes of at least 4 members (excludes halogenated alkanes) is 39. The van der Waals surface area contributed by atoms with Crippen molar-refractivity contribution in [2.75, 3.05) is 13.2 Å². The van der Waals surface area contributed by atoms with Gasteiger partial charge in [0, 0.05) is 19.3 Å². The molecule has 0 aromatic rings. The topological polar surface area (TPSA) is 78.9 Å². The molecule has 0 N–H and O–H groups in total. The smallest absolute Gasteiger partial charge is 0.306 e. The van der Waals surface area contributed by atoms with Crippen molar-refractivity contribution in [1.82, 2.24) is 0 Å². The van der Waals surface area contributed by atoms with Gasteiger partial charge in [-0.2, -0.15) is 0 Å². The zero-order chi connectivity index (χ0) is 50.0. The van der Waals surface area contributed by atoms with E-state index in [2.05, 4.69) is 57.2 Å². The second-order valence-electron chi connectivity index (χ2n) is 20.6. The van der Waals surface area contributed by atoms with E-state index in [1.807, 2.05) is 0 Å². The Labute approximate surface area is 429 Å². The van der Waals surface area contributed by atoms with E-state index in [-0.39, 0.29) is 31.1 Å². The third kappa shape index (κ3) is 56.4. The van der Waals surface area contributed by atoms with Gasteiger partial charge >= 0.3 is 17.9 Å². The van der Waals surface area contributed by atoms with Crippen LogP contribution < -0.4 is 0 Å². The highest BCUT2D eigenvalue weighted by atomic mass is 16.6. The van der Waals surface area contributed by atoms with Crippen molar-refractivity contribution in [3.05, 3.63) is 36.5 Å². The fourth-order valence-corrected chi connectivity index (χ4v) is 9.01.